The van der Waals surface area contributed by atoms with Crippen LogP contribution in [0.25, 0.3) is 0 Å². The normalized spacial score (nSPS) is 25.8. The van der Waals surface area contributed by atoms with Crippen LogP contribution in [0.1, 0.15) is 20.3 Å². The minimum Gasteiger partial charge on any atom is -0.490 e. The summed E-state index contributed by atoms with van der Waals surface area (Å²) in [4.78, 5) is 4.22. The van der Waals surface area contributed by atoms with Crippen molar-refractivity contribution in [2.45, 2.75) is 32.4 Å². The molecule has 0 amide bonds. The van der Waals surface area contributed by atoms with Crippen molar-refractivity contribution in [3.63, 3.8) is 0 Å². The smallest absolute Gasteiger partial charge is 0.186 e. The monoisotopic (exact) mass is 233 g/mol. The number of nitrogens with two attached hydrogens (primary N) is 2. The number of aliphatic imine (C=N–C) groups is 1. The van der Waals surface area contributed by atoms with Gasteiger partial charge in [-0.3, -0.25) is 0 Å². The van der Waals surface area contributed by atoms with Crippen molar-refractivity contribution < 1.29 is 4.74 Å². The maximum Gasteiger partial charge on any atom is 0.186 e. The molecule has 0 aliphatic heterocycles. The Morgan fingerprint density at radius 2 is 1.94 bits per heavy atom. The van der Waals surface area contributed by atoms with Gasteiger partial charge in [0.15, 0.2) is 5.96 Å². The molecule has 2 rings (SSSR count). The SMILES string of the molecule is CC1(C)[C@@H](N=C(N)N)C[C@H]1Oc1ccccc1. The van der Waals surface area contributed by atoms with Crippen LogP contribution in [0.2, 0.25) is 0 Å². The number of guanidine groups is 1. The molecule has 0 aromatic heterocycles. The third-order valence-electron chi connectivity index (χ3n) is 3.45. The number of rotatable bonds is 3. The average molecular weight is 233 g/mol. The first-order chi connectivity index (χ1) is 8.00. The van der Waals surface area contributed by atoms with E-state index in [1.165, 1.54) is 0 Å². The van der Waals surface area contributed by atoms with Crippen molar-refractivity contribution >= 4 is 5.96 Å². The van der Waals surface area contributed by atoms with Crippen LogP contribution in [0, 0.1) is 5.41 Å². The van der Waals surface area contributed by atoms with E-state index in [9.17, 15) is 0 Å². The second kappa shape index (κ2) is 4.28. The van der Waals surface area contributed by atoms with E-state index in [0.717, 1.165) is 12.2 Å². The first-order valence-electron chi connectivity index (χ1n) is 5.80. The molecule has 0 heterocycles. The van der Waals surface area contributed by atoms with Crippen LogP contribution in [-0.2, 0) is 0 Å². The van der Waals surface area contributed by atoms with E-state index < -0.39 is 0 Å². The van der Waals surface area contributed by atoms with E-state index in [2.05, 4.69) is 18.8 Å². The first-order valence-corrected chi connectivity index (χ1v) is 5.80. The van der Waals surface area contributed by atoms with Gasteiger partial charge in [0, 0.05) is 11.8 Å². The van der Waals surface area contributed by atoms with Gasteiger partial charge in [-0.2, -0.15) is 0 Å². The molecule has 1 aliphatic rings. The molecular weight excluding hydrogens is 214 g/mol. The molecule has 1 aliphatic carbocycles. The van der Waals surface area contributed by atoms with E-state index in [1.807, 2.05) is 30.3 Å². The lowest BCUT2D eigenvalue weighted by Crippen LogP contribution is -2.56. The highest BCUT2D eigenvalue weighted by molar-refractivity contribution is 5.76. The summed E-state index contributed by atoms with van der Waals surface area (Å²) in [5.41, 5.74) is 10.8. The number of ether oxygens (including phenoxy) is 1. The van der Waals surface area contributed by atoms with Crippen molar-refractivity contribution in [2.75, 3.05) is 0 Å². The predicted octanol–water partition coefficient (Wildman–Crippen LogP) is 1.51. The molecule has 0 radical (unpaired) electrons. The van der Waals surface area contributed by atoms with Crippen LogP contribution in [0.4, 0.5) is 0 Å². The van der Waals surface area contributed by atoms with Gasteiger partial charge in [-0.05, 0) is 12.1 Å². The van der Waals surface area contributed by atoms with Gasteiger partial charge >= 0.3 is 0 Å². The molecule has 17 heavy (non-hydrogen) atoms. The number of hydrogen-bond acceptors (Lipinski definition) is 2. The van der Waals surface area contributed by atoms with Gasteiger partial charge in [0.05, 0.1) is 6.04 Å². The van der Waals surface area contributed by atoms with Gasteiger partial charge in [0.1, 0.15) is 11.9 Å². The Balaban J connectivity index is 2.00. The molecule has 2 atom stereocenters. The molecule has 1 aromatic carbocycles. The van der Waals surface area contributed by atoms with E-state index in [-0.39, 0.29) is 23.5 Å². The maximum absolute atomic E-state index is 5.93. The molecule has 4 heteroatoms. The molecular formula is C13H19N3O. The second-order valence-corrected chi connectivity index (χ2v) is 5.05. The summed E-state index contributed by atoms with van der Waals surface area (Å²) < 4.78 is 5.93. The minimum absolute atomic E-state index is 0.0279. The predicted molar refractivity (Wildman–Crippen MR) is 68.9 cm³/mol. The second-order valence-electron chi connectivity index (χ2n) is 5.05. The summed E-state index contributed by atoms with van der Waals surface area (Å²) in [7, 11) is 0. The van der Waals surface area contributed by atoms with Crippen LogP contribution in [-0.4, -0.2) is 18.1 Å². The topological polar surface area (TPSA) is 73.6 Å². The largest absolute Gasteiger partial charge is 0.490 e. The molecule has 1 aromatic rings. The third-order valence-corrected chi connectivity index (χ3v) is 3.45. The van der Waals surface area contributed by atoms with Gasteiger partial charge < -0.3 is 16.2 Å². The number of benzene rings is 1. The average Bonchev–Trinajstić information content (AvgIpc) is 2.28. The molecule has 0 saturated heterocycles. The molecule has 4 N–H and O–H groups in total. The highest BCUT2D eigenvalue weighted by Crippen LogP contribution is 2.44. The highest BCUT2D eigenvalue weighted by Gasteiger charge is 2.50. The molecule has 0 spiro atoms. The molecule has 0 bridgehead atoms. The van der Waals surface area contributed by atoms with Crippen molar-refractivity contribution in [3.05, 3.63) is 30.3 Å². The fourth-order valence-corrected chi connectivity index (χ4v) is 2.13. The van der Waals surface area contributed by atoms with Crippen LogP contribution in [0.5, 0.6) is 5.75 Å². The standard InChI is InChI=1S/C13H19N3O/c1-13(2)10(16-12(14)15)8-11(13)17-9-6-4-3-5-7-9/h3-7,10-11H,8H2,1-2H3,(H4,14,15,16)/t10-,11+/m0/s1. The Bertz CT molecular complexity index is 410. The Labute approximate surface area is 102 Å². The minimum atomic E-state index is -0.0279. The van der Waals surface area contributed by atoms with Gasteiger partial charge in [0.2, 0.25) is 0 Å². The van der Waals surface area contributed by atoms with Gasteiger partial charge in [-0.15, -0.1) is 0 Å². The number of para-hydroxylation sites is 1. The van der Waals surface area contributed by atoms with Crippen LogP contribution in [0.15, 0.2) is 35.3 Å². The summed E-state index contributed by atoms with van der Waals surface area (Å²) in [6.07, 6.45) is 1.03. The number of hydrogen-bond donors (Lipinski definition) is 2. The molecule has 1 fully saturated rings. The fraction of sp³-hybridized carbons (Fsp3) is 0.462. The van der Waals surface area contributed by atoms with Crippen LogP contribution >= 0.6 is 0 Å². The van der Waals surface area contributed by atoms with Crippen molar-refractivity contribution in [2.24, 2.45) is 21.9 Å². The summed E-state index contributed by atoms with van der Waals surface area (Å²) in [5, 5.41) is 0. The van der Waals surface area contributed by atoms with Crippen molar-refractivity contribution in [1.29, 1.82) is 0 Å². The summed E-state index contributed by atoms with van der Waals surface area (Å²) >= 11 is 0. The lowest BCUT2D eigenvalue weighted by atomic mass is 9.65. The van der Waals surface area contributed by atoms with Gasteiger partial charge in [0.25, 0.3) is 0 Å². The molecule has 0 unspecified atom stereocenters. The Morgan fingerprint density at radius 3 is 2.47 bits per heavy atom. The molecule has 92 valence electrons. The van der Waals surface area contributed by atoms with Gasteiger partial charge in [-0.25, -0.2) is 4.99 Å². The summed E-state index contributed by atoms with van der Waals surface area (Å²) in [6, 6.07) is 9.99. The first kappa shape index (κ1) is 11.8. The van der Waals surface area contributed by atoms with E-state index >= 15 is 0 Å². The summed E-state index contributed by atoms with van der Waals surface area (Å²) in [5.74, 6) is 1.05. The van der Waals surface area contributed by atoms with E-state index in [4.69, 9.17) is 16.2 Å². The van der Waals surface area contributed by atoms with Crippen molar-refractivity contribution in [3.8, 4) is 5.75 Å². The van der Waals surface area contributed by atoms with E-state index in [0.29, 0.717) is 0 Å². The van der Waals surface area contributed by atoms with Crippen LogP contribution in [0.3, 0.4) is 0 Å². The zero-order chi connectivity index (χ0) is 12.5. The maximum atomic E-state index is 5.93. The van der Waals surface area contributed by atoms with Crippen LogP contribution < -0.4 is 16.2 Å². The lowest BCUT2D eigenvalue weighted by Gasteiger charge is -2.49. The molecule has 1 saturated carbocycles. The fourth-order valence-electron chi connectivity index (χ4n) is 2.13. The summed E-state index contributed by atoms with van der Waals surface area (Å²) in [6.45, 7) is 4.25. The Kier molecular flexibility index (Phi) is 2.96. The third kappa shape index (κ3) is 2.35. The van der Waals surface area contributed by atoms with Crippen molar-refractivity contribution in [1.82, 2.24) is 0 Å². The zero-order valence-electron chi connectivity index (χ0n) is 10.3. The van der Waals surface area contributed by atoms with Gasteiger partial charge in [-0.1, -0.05) is 32.0 Å². The number of nitrogens with zero attached hydrogens (tertiary/aromatic N) is 1. The Morgan fingerprint density at radius 1 is 1.29 bits per heavy atom. The lowest BCUT2D eigenvalue weighted by molar-refractivity contribution is -0.0390. The Hall–Kier alpha value is -1.71. The van der Waals surface area contributed by atoms with E-state index in [1.54, 1.807) is 0 Å². The molecule has 4 nitrogen and oxygen atoms in total. The highest BCUT2D eigenvalue weighted by atomic mass is 16.5. The zero-order valence-corrected chi connectivity index (χ0v) is 10.3. The quantitative estimate of drug-likeness (QED) is 0.614.